The Morgan fingerprint density at radius 2 is 2.15 bits per heavy atom. The number of carbonyl (C=O) groups is 1. The van der Waals surface area contributed by atoms with Crippen LogP contribution < -0.4 is 16.0 Å². The van der Waals surface area contributed by atoms with E-state index in [1.807, 2.05) is 19.1 Å². The number of amides is 1. The van der Waals surface area contributed by atoms with E-state index >= 15 is 0 Å². The Kier molecular flexibility index (Phi) is 5.35. The lowest BCUT2D eigenvalue weighted by atomic mass is 10.1. The molecule has 5 nitrogen and oxygen atoms in total. The SMILES string of the molecule is CCC(CN)C(=O)Nc1ccc(N2CCCCC2)nc1. The average molecular weight is 276 g/mol. The van der Waals surface area contributed by atoms with Crippen LogP contribution in [0.5, 0.6) is 0 Å². The molecule has 2 rings (SSSR count). The summed E-state index contributed by atoms with van der Waals surface area (Å²) in [6.45, 7) is 4.49. The molecule has 0 spiro atoms. The molecule has 2 heterocycles. The summed E-state index contributed by atoms with van der Waals surface area (Å²) in [5, 5.41) is 2.87. The first-order valence-corrected chi connectivity index (χ1v) is 7.46. The highest BCUT2D eigenvalue weighted by molar-refractivity contribution is 5.92. The van der Waals surface area contributed by atoms with Crippen LogP contribution in [0.4, 0.5) is 11.5 Å². The lowest BCUT2D eigenvalue weighted by molar-refractivity contribution is -0.119. The minimum atomic E-state index is -0.128. The molecule has 20 heavy (non-hydrogen) atoms. The maximum atomic E-state index is 11.9. The summed E-state index contributed by atoms with van der Waals surface area (Å²) < 4.78 is 0. The zero-order chi connectivity index (χ0) is 14.4. The van der Waals surface area contributed by atoms with Gasteiger partial charge in [0.05, 0.1) is 17.8 Å². The van der Waals surface area contributed by atoms with Crippen molar-refractivity contribution in [2.45, 2.75) is 32.6 Å². The second-order valence-electron chi connectivity index (χ2n) is 5.28. The molecule has 0 radical (unpaired) electrons. The van der Waals surface area contributed by atoms with Gasteiger partial charge in [-0.3, -0.25) is 4.79 Å². The van der Waals surface area contributed by atoms with Crippen molar-refractivity contribution >= 4 is 17.4 Å². The van der Waals surface area contributed by atoms with Gasteiger partial charge in [0.25, 0.3) is 0 Å². The summed E-state index contributed by atoms with van der Waals surface area (Å²) >= 11 is 0. The number of aromatic nitrogens is 1. The fourth-order valence-electron chi connectivity index (χ4n) is 2.47. The number of hydrogen-bond acceptors (Lipinski definition) is 4. The van der Waals surface area contributed by atoms with Crippen LogP contribution >= 0.6 is 0 Å². The smallest absolute Gasteiger partial charge is 0.228 e. The Bertz CT molecular complexity index is 422. The standard InChI is InChI=1S/C15H24N4O/c1-2-12(10-16)15(20)18-13-6-7-14(17-11-13)19-8-4-3-5-9-19/h6-7,11-12H,2-5,8-10,16H2,1H3,(H,18,20). The fraction of sp³-hybridized carbons (Fsp3) is 0.600. The minimum absolute atomic E-state index is 0.0254. The first-order valence-electron chi connectivity index (χ1n) is 7.46. The predicted octanol–water partition coefficient (Wildman–Crippen LogP) is 2.00. The highest BCUT2D eigenvalue weighted by atomic mass is 16.1. The number of anilines is 2. The molecule has 1 fully saturated rings. The fourth-order valence-corrected chi connectivity index (χ4v) is 2.47. The van der Waals surface area contributed by atoms with Crippen molar-refractivity contribution in [1.82, 2.24) is 4.98 Å². The van der Waals surface area contributed by atoms with E-state index in [0.29, 0.717) is 6.54 Å². The van der Waals surface area contributed by atoms with Crippen LogP contribution in [0.2, 0.25) is 0 Å². The number of carbonyl (C=O) groups excluding carboxylic acids is 1. The summed E-state index contributed by atoms with van der Waals surface area (Å²) in [6, 6.07) is 3.89. The van der Waals surface area contributed by atoms with Gasteiger partial charge in [-0.25, -0.2) is 4.98 Å². The van der Waals surface area contributed by atoms with Gasteiger partial charge in [-0.2, -0.15) is 0 Å². The predicted molar refractivity (Wildman–Crippen MR) is 81.8 cm³/mol. The zero-order valence-electron chi connectivity index (χ0n) is 12.1. The molecular formula is C15H24N4O. The number of piperidine rings is 1. The number of rotatable bonds is 5. The first-order chi connectivity index (χ1) is 9.74. The Morgan fingerprint density at radius 3 is 2.70 bits per heavy atom. The molecule has 0 aromatic carbocycles. The molecule has 1 saturated heterocycles. The van der Waals surface area contributed by atoms with E-state index in [-0.39, 0.29) is 11.8 Å². The van der Waals surface area contributed by atoms with E-state index in [2.05, 4.69) is 15.2 Å². The summed E-state index contributed by atoms with van der Waals surface area (Å²) in [7, 11) is 0. The maximum absolute atomic E-state index is 11.9. The van der Waals surface area contributed by atoms with E-state index in [4.69, 9.17) is 5.73 Å². The monoisotopic (exact) mass is 276 g/mol. The molecule has 110 valence electrons. The third-order valence-corrected chi connectivity index (χ3v) is 3.84. The van der Waals surface area contributed by atoms with E-state index in [1.54, 1.807) is 6.20 Å². The molecule has 0 aliphatic carbocycles. The summed E-state index contributed by atoms with van der Waals surface area (Å²) in [5.74, 6) is 0.841. The second kappa shape index (κ2) is 7.24. The van der Waals surface area contributed by atoms with E-state index in [9.17, 15) is 4.79 Å². The van der Waals surface area contributed by atoms with Crippen molar-refractivity contribution in [2.75, 3.05) is 29.9 Å². The van der Waals surface area contributed by atoms with Gasteiger partial charge in [0.2, 0.25) is 5.91 Å². The Balaban J connectivity index is 1.95. The molecule has 5 heteroatoms. The van der Waals surface area contributed by atoms with Gasteiger partial charge in [-0.1, -0.05) is 6.92 Å². The van der Waals surface area contributed by atoms with Crippen LogP contribution in [-0.2, 0) is 4.79 Å². The third-order valence-electron chi connectivity index (χ3n) is 3.84. The van der Waals surface area contributed by atoms with Crippen molar-refractivity contribution in [3.8, 4) is 0 Å². The molecule has 1 unspecified atom stereocenters. The van der Waals surface area contributed by atoms with Crippen molar-refractivity contribution in [3.63, 3.8) is 0 Å². The lowest BCUT2D eigenvalue weighted by Gasteiger charge is -2.27. The van der Waals surface area contributed by atoms with Crippen molar-refractivity contribution in [2.24, 2.45) is 11.7 Å². The van der Waals surface area contributed by atoms with Gasteiger partial charge in [0.1, 0.15) is 5.82 Å². The van der Waals surface area contributed by atoms with Crippen LogP contribution in [0.1, 0.15) is 32.6 Å². The number of pyridine rings is 1. The Hall–Kier alpha value is -1.62. The molecule has 0 saturated carbocycles. The zero-order valence-corrected chi connectivity index (χ0v) is 12.1. The van der Waals surface area contributed by atoms with Gasteiger partial charge in [0, 0.05) is 19.6 Å². The largest absolute Gasteiger partial charge is 0.357 e. The van der Waals surface area contributed by atoms with Gasteiger partial charge >= 0.3 is 0 Å². The lowest BCUT2D eigenvalue weighted by Crippen LogP contribution is -2.30. The van der Waals surface area contributed by atoms with Crippen LogP contribution in [0, 0.1) is 5.92 Å². The number of nitrogens with zero attached hydrogens (tertiary/aromatic N) is 2. The normalized spacial score (nSPS) is 16.8. The molecule has 1 aromatic rings. The van der Waals surface area contributed by atoms with Gasteiger partial charge in [0.15, 0.2) is 0 Å². The molecule has 1 amide bonds. The molecule has 3 N–H and O–H groups in total. The van der Waals surface area contributed by atoms with Crippen molar-refractivity contribution < 1.29 is 4.79 Å². The van der Waals surface area contributed by atoms with E-state index in [0.717, 1.165) is 31.0 Å². The molecule has 1 aliphatic heterocycles. The molecule has 1 aromatic heterocycles. The molecule has 1 aliphatic rings. The summed E-state index contributed by atoms with van der Waals surface area (Å²) in [4.78, 5) is 18.7. The second-order valence-corrected chi connectivity index (χ2v) is 5.28. The number of nitrogens with one attached hydrogen (secondary N) is 1. The van der Waals surface area contributed by atoms with Gasteiger partial charge in [-0.05, 0) is 37.8 Å². The van der Waals surface area contributed by atoms with Crippen LogP contribution in [0.25, 0.3) is 0 Å². The van der Waals surface area contributed by atoms with Gasteiger partial charge < -0.3 is 16.0 Å². The quantitative estimate of drug-likeness (QED) is 0.863. The van der Waals surface area contributed by atoms with Crippen LogP contribution in [0.3, 0.4) is 0 Å². The molecular weight excluding hydrogens is 252 g/mol. The Morgan fingerprint density at radius 1 is 1.40 bits per heavy atom. The number of hydrogen-bond donors (Lipinski definition) is 2. The van der Waals surface area contributed by atoms with Gasteiger partial charge in [-0.15, -0.1) is 0 Å². The average Bonchev–Trinajstić information content (AvgIpc) is 2.50. The summed E-state index contributed by atoms with van der Waals surface area (Å²) in [5.41, 5.74) is 6.31. The minimum Gasteiger partial charge on any atom is -0.357 e. The highest BCUT2D eigenvalue weighted by Crippen LogP contribution is 2.19. The van der Waals surface area contributed by atoms with Crippen molar-refractivity contribution in [3.05, 3.63) is 18.3 Å². The van der Waals surface area contributed by atoms with Crippen LogP contribution in [0.15, 0.2) is 18.3 Å². The van der Waals surface area contributed by atoms with E-state index in [1.165, 1.54) is 19.3 Å². The van der Waals surface area contributed by atoms with Crippen molar-refractivity contribution in [1.29, 1.82) is 0 Å². The maximum Gasteiger partial charge on any atom is 0.228 e. The molecule has 0 bridgehead atoms. The first kappa shape index (κ1) is 14.8. The Labute approximate surface area is 120 Å². The topological polar surface area (TPSA) is 71.2 Å². The highest BCUT2D eigenvalue weighted by Gasteiger charge is 2.15. The number of nitrogens with two attached hydrogens (primary N) is 1. The summed E-state index contributed by atoms with van der Waals surface area (Å²) in [6.07, 6.45) is 6.25. The van der Waals surface area contributed by atoms with E-state index < -0.39 is 0 Å². The molecule has 1 atom stereocenters. The van der Waals surface area contributed by atoms with Crippen LogP contribution in [-0.4, -0.2) is 30.5 Å². The third kappa shape index (κ3) is 3.70.